The van der Waals surface area contributed by atoms with E-state index in [9.17, 15) is 4.79 Å². The molecule has 2 aromatic carbocycles. The van der Waals surface area contributed by atoms with Crippen LogP contribution < -0.4 is 20.3 Å². The molecule has 0 aliphatic carbocycles. The van der Waals surface area contributed by atoms with E-state index in [4.69, 9.17) is 16.3 Å². The van der Waals surface area contributed by atoms with Gasteiger partial charge < -0.3 is 20.3 Å². The lowest BCUT2D eigenvalue weighted by molar-refractivity contribution is 0.243. The zero-order chi connectivity index (χ0) is 23.5. The topological polar surface area (TPSA) is 95.2 Å². The highest BCUT2D eigenvalue weighted by Crippen LogP contribution is 2.31. The van der Waals surface area contributed by atoms with Crippen LogP contribution in [0.15, 0.2) is 67.0 Å². The van der Waals surface area contributed by atoms with E-state index in [-0.39, 0.29) is 18.0 Å². The largest absolute Gasteiger partial charge is 0.495 e. The summed E-state index contributed by atoms with van der Waals surface area (Å²) in [5.41, 5.74) is 3.70. The monoisotopic (exact) mass is 476 g/mol. The molecule has 3 heterocycles. The third kappa shape index (κ3) is 4.77. The number of aromatic nitrogens is 3. The molecule has 1 aliphatic heterocycles. The fraction of sp³-hybridized carbons (Fsp3) is 0.240. The van der Waals surface area contributed by atoms with Gasteiger partial charge in [-0.1, -0.05) is 11.6 Å². The number of urea groups is 1. The molecule has 1 fully saturated rings. The fourth-order valence-corrected chi connectivity index (χ4v) is 4.51. The Balaban J connectivity index is 1.36. The lowest BCUT2D eigenvalue weighted by Crippen LogP contribution is -2.51. The lowest BCUT2D eigenvalue weighted by atomic mass is 9.88. The average Bonchev–Trinajstić information content (AvgIpc) is 3.34. The molecular weight excluding hydrogens is 452 g/mol. The van der Waals surface area contributed by atoms with Gasteiger partial charge in [0.05, 0.1) is 25.0 Å². The van der Waals surface area contributed by atoms with Crippen molar-refractivity contribution in [3.05, 3.63) is 77.7 Å². The molecule has 2 amide bonds. The first kappa shape index (κ1) is 22.0. The Morgan fingerprint density at radius 2 is 2.00 bits per heavy atom. The Kier molecular flexibility index (Phi) is 6.22. The van der Waals surface area contributed by atoms with Crippen molar-refractivity contribution in [1.82, 2.24) is 20.5 Å². The summed E-state index contributed by atoms with van der Waals surface area (Å²) < 4.78 is 5.27. The number of carbonyl (C=O) groups is 1. The number of nitrogens with zero attached hydrogens (tertiary/aromatic N) is 3. The van der Waals surface area contributed by atoms with Gasteiger partial charge in [0.1, 0.15) is 5.75 Å². The minimum atomic E-state index is -0.252. The molecule has 3 N–H and O–H groups in total. The van der Waals surface area contributed by atoms with Gasteiger partial charge in [0, 0.05) is 52.5 Å². The summed E-state index contributed by atoms with van der Waals surface area (Å²) in [4.78, 5) is 19.8. The van der Waals surface area contributed by atoms with Gasteiger partial charge in [0.25, 0.3) is 0 Å². The standard InChI is InChI=1S/C25H25ClN6O2/c1-34-20-8-9-22(27-14-20)21-15-32(19-7-2-16-13-28-31-24(16)12-19)11-10-23(21)30-25(33)29-18-5-3-17(26)4-6-18/h2-9,12-14,21,23H,10-11,15H2,1H3,(H,28,31)(H2,29,30,33)/t21-,23+/m0/s1. The molecule has 0 spiro atoms. The third-order valence-corrected chi connectivity index (χ3v) is 6.45. The second-order valence-electron chi connectivity index (χ2n) is 8.32. The number of nitrogens with one attached hydrogen (secondary N) is 3. The number of carbonyl (C=O) groups excluding carboxylic acids is 1. The lowest BCUT2D eigenvalue weighted by Gasteiger charge is -2.40. The van der Waals surface area contributed by atoms with E-state index in [1.54, 1.807) is 37.6 Å². The quantitative estimate of drug-likeness (QED) is 0.384. The van der Waals surface area contributed by atoms with Gasteiger partial charge in [0.15, 0.2) is 0 Å². The molecule has 2 aromatic heterocycles. The molecule has 0 saturated carbocycles. The molecule has 1 aliphatic rings. The molecule has 0 unspecified atom stereocenters. The maximum Gasteiger partial charge on any atom is 0.319 e. The summed E-state index contributed by atoms with van der Waals surface area (Å²) >= 11 is 5.95. The van der Waals surface area contributed by atoms with Crippen LogP contribution in [0.5, 0.6) is 5.75 Å². The van der Waals surface area contributed by atoms with Gasteiger partial charge in [-0.2, -0.15) is 5.10 Å². The number of halogens is 1. The molecule has 2 atom stereocenters. The summed E-state index contributed by atoms with van der Waals surface area (Å²) in [6, 6.07) is 16.9. The summed E-state index contributed by atoms with van der Waals surface area (Å²) in [7, 11) is 1.62. The normalized spacial score (nSPS) is 18.0. The van der Waals surface area contributed by atoms with Gasteiger partial charge in [-0.25, -0.2) is 4.79 Å². The van der Waals surface area contributed by atoms with Crippen LogP contribution in [0, 0.1) is 0 Å². The Morgan fingerprint density at radius 3 is 2.76 bits per heavy atom. The molecule has 0 radical (unpaired) electrons. The first-order valence-corrected chi connectivity index (χ1v) is 11.5. The zero-order valence-corrected chi connectivity index (χ0v) is 19.4. The van der Waals surface area contributed by atoms with Crippen molar-refractivity contribution in [2.24, 2.45) is 0 Å². The van der Waals surface area contributed by atoms with Crippen molar-refractivity contribution in [3.63, 3.8) is 0 Å². The molecule has 1 saturated heterocycles. The second kappa shape index (κ2) is 9.61. The van der Waals surface area contributed by atoms with Gasteiger partial charge in [-0.05, 0) is 61.0 Å². The van der Waals surface area contributed by atoms with Crippen LogP contribution in [0.25, 0.3) is 10.9 Å². The van der Waals surface area contributed by atoms with Crippen LogP contribution in [0.4, 0.5) is 16.2 Å². The number of benzene rings is 2. The van der Waals surface area contributed by atoms with Gasteiger partial charge in [-0.3, -0.25) is 10.1 Å². The number of H-pyrrole nitrogens is 1. The highest BCUT2D eigenvalue weighted by molar-refractivity contribution is 6.30. The van der Waals surface area contributed by atoms with Crippen LogP contribution in [-0.2, 0) is 0 Å². The predicted molar refractivity (Wildman–Crippen MR) is 134 cm³/mol. The second-order valence-corrected chi connectivity index (χ2v) is 8.75. The smallest absolute Gasteiger partial charge is 0.319 e. The van der Waals surface area contributed by atoms with Gasteiger partial charge in [0.2, 0.25) is 0 Å². The van der Waals surface area contributed by atoms with E-state index in [0.29, 0.717) is 23.0 Å². The van der Waals surface area contributed by atoms with E-state index in [0.717, 1.165) is 35.2 Å². The molecule has 174 valence electrons. The number of aromatic amines is 1. The molecule has 5 rings (SSSR count). The molecule has 4 aromatic rings. The first-order valence-electron chi connectivity index (χ1n) is 11.1. The molecule has 8 nitrogen and oxygen atoms in total. The summed E-state index contributed by atoms with van der Waals surface area (Å²) in [5, 5.41) is 14.9. The zero-order valence-electron chi connectivity index (χ0n) is 18.7. The summed E-state index contributed by atoms with van der Waals surface area (Å²) in [6.45, 7) is 1.52. The van der Waals surface area contributed by atoms with Crippen molar-refractivity contribution in [3.8, 4) is 5.75 Å². The SMILES string of the molecule is COc1ccc([C@@H]2CN(c3ccc4cn[nH]c4c3)CC[C@H]2NC(=O)Nc2ccc(Cl)cc2)nc1. The Hall–Kier alpha value is -3.78. The van der Waals surface area contributed by atoms with Crippen molar-refractivity contribution < 1.29 is 9.53 Å². The Labute approximate surface area is 202 Å². The van der Waals surface area contributed by atoms with E-state index in [2.05, 4.69) is 48.9 Å². The van der Waals surface area contributed by atoms with Gasteiger partial charge in [-0.15, -0.1) is 0 Å². The fourth-order valence-electron chi connectivity index (χ4n) is 4.38. The first-order chi connectivity index (χ1) is 16.6. The van der Waals surface area contributed by atoms with Crippen LogP contribution >= 0.6 is 11.6 Å². The van der Waals surface area contributed by atoms with Crippen LogP contribution in [0.3, 0.4) is 0 Å². The number of piperidine rings is 1. The van der Waals surface area contributed by atoms with E-state index in [1.165, 1.54) is 0 Å². The van der Waals surface area contributed by atoms with Crippen molar-refractivity contribution in [2.45, 2.75) is 18.4 Å². The van der Waals surface area contributed by atoms with Gasteiger partial charge >= 0.3 is 6.03 Å². The summed E-state index contributed by atoms with van der Waals surface area (Å²) in [5.74, 6) is 0.694. The Bertz CT molecular complexity index is 1270. The van der Waals surface area contributed by atoms with E-state index < -0.39 is 0 Å². The Morgan fingerprint density at radius 1 is 1.15 bits per heavy atom. The highest BCUT2D eigenvalue weighted by Gasteiger charge is 2.33. The maximum atomic E-state index is 12.8. The minimum Gasteiger partial charge on any atom is -0.495 e. The van der Waals surface area contributed by atoms with E-state index in [1.807, 2.05) is 18.3 Å². The maximum absolute atomic E-state index is 12.8. The number of hydrogen-bond acceptors (Lipinski definition) is 5. The number of pyridine rings is 1. The summed E-state index contributed by atoms with van der Waals surface area (Å²) in [6.07, 6.45) is 4.31. The predicted octanol–water partition coefficient (Wildman–Crippen LogP) is 4.80. The number of anilines is 2. The highest BCUT2D eigenvalue weighted by atomic mass is 35.5. The van der Waals surface area contributed by atoms with Crippen molar-refractivity contribution in [2.75, 3.05) is 30.4 Å². The van der Waals surface area contributed by atoms with Crippen LogP contribution in [-0.4, -0.2) is 47.5 Å². The number of methoxy groups -OCH3 is 1. The van der Waals surface area contributed by atoms with Crippen LogP contribution in [0.2, 0.25) is 5.02 Å². The molecule has 9 heteroatoms. The van der Waals surface area contributed by atoms with E-state index >= 15 is 0 Å². The number of rotatable bonds is 5. The third-order valence-electron chi connectivity index (χ3n) is 6.20. The minimum absolute atomic E-state index is 0.00640. The van der Waals surface area contributed by atoms with Crippen molar-refractivity contribution in [1.29, 1.82) is 0 Å². The number of hydrogen-bond donors (Lipinski definition) is 3. The van der Waals surface area contributed by atoms with Crippen LogP contribution in [0.1, 0.15) is 18.0 Å². The number of ether oxygens (including phenoxy) is 1. The number of fused-ring (bicyclic) bond motifs is 1. The molecular formula is C25H25ClN6O2. The average molecular weight is 477 g/mol. The van der Waals surface area contributed by atoms with Crippen molar-refractivity contribution >= 4 is 39.9 Å². The molecule has 0 bridgehead atoms. The number of amides is 2. The molecule has 34 heavy (non-hydrogen) atoms.